The maximum Gasteiger partial charge on any atom is 0.240 e. The number of hydrogen-bond acceptors (Lipinski definition) is 2. The summed E-state index contributed by atoms with van der Waals surface area (Å²) in [6.07, 6.45) is 4.12. The number of carbonyl (C=O) groups is 1. The van der Waals surface area contributed by atoms with Gasteiger partial charge in [-0.3, -0.25) is 4.79 Å². The van der Waals surface area contributed by atoms with Gasteiger partial charge in [-0.05, 0) is 12.0 Å². The molecule has 1 amide bonds. The summed E-state index contributed by atoms with van der Waals surface area (Å²) in [5, 5.41) is 3.87. The molecule has 0 aliphatic heterocycles. The van der Waals surface area contributed by atoms with Crippen LogP contribution in [0, 0.1) is 0 Å². The van der Waals surface area contributed by atoms with Crippen molar-refractivity contribution in [1.82, 2.24) is 5.43 Å². The summed E-state index contributed by atoms with van der Waals surface area (Å²) in [6, 6.07) is 9.67. The van der Waals surface area contributed by atoms with E-state index in [1.54, 1.807) is 6.21 Å². The Kier molecular flexibility index (Phi) is 5.15. The van der Waals surface area contributed by atoms with Crippen molar-refractivity contribution in [1.29, 1.82) is 0 Å². The molecule has 1 aromatic rings. The molecule has 0 atom stereocenters. The molecule has 0 radical (unpaired) electrons. The molecule has 0 fully saturated rings. The Morgan fingerprint density at radius 2 is 2.13 bits per heavy atom. The molecular formula is C12H16N2O. The van der Waals surface area contributed by atoms with Crippen LogP contribution in [0.2, 0.25) is 0 Å². The lowest BCUT2D eigenvalue weighted by Gasteiger charge is -1.97. The smallest absolute Gasteiger partial charge is 0.240 e. The van der Waals surface area contributed by atoms with Crippen LogP contribution in [-0.4, -0.2) is 12.1 Å². The van der Waals surface area contributed by atoms with E-state index >= 15 is 0 Å². The zero-order chi connectivity index (χ0) is 10.9. The van der Waals surface area contributed by atoms with E-state index in [0.717, 1.165) is 18.4 Å². The monoisotopic (exact) mass is 204 g/mol. The number of hydrazone groups is 1. The minimum absolute atomic E-state index is 0.0240. The Morgan fingerprint density at radius 1 is 1.40 bits per heavy atom. The Hall–Kier alpha value is -1.64. The highest BCUT2D eigenvalue weighted by Crippen LogP contribution is 1.94. The first kappa shape index (κ1) is 11.4. The van der Waals surface area contributed by atoms with Crippen LogP contribution >= 0.6 is 0 Å². The van der Waals surface area contributed by atoms with Crippen molar-refractivity contribution in [2.24, 2.45) is 5.10 Å². The molecule has 0 saturated carbocycles. The van der Waals surface area contributed by atoms with Crippen molar-refractivity contribution in [3.05, 3.63) is 35.9 Å². The SMILES string of the molecule is CCCCC(=O)NN=Cc1ccccc1. The zero-order valence-corrected chi connectivity index (χ0v) is 8.94. The van der Waals surface area contributed by atoms with Crippen LogP contribution in [0.4, 0.5) is 0 Å². The summed E-state index contributed by atoms with van der Waals surface area (Å²) in [5.41, 5.74) is 3.48. The van der Waals surface area contributed by atoms with E-state index < -0.39 is 0 Å². The highest BCUT2D eigenvalue weighted by atomic mass is 16.2. The molecule has 0 unspecified atom stereocenters. The average molecular weight is 204 g/mol. The average Bonchev–Trinajstić information content (AvgIpc) is 2.28. The Morgan fingerprint density at radius 3 is 2.80 bits per heavy atom. The van der Waals surface area contributed by atoms with E-state index in [0.29, 0.717) is 6.42 Å². The molecule has 15 heavy (non-hydrogen) atoms. The summed E-state index contributed by atoms with van der Waals surface area (Å²) < 4.78 is 0. The maximum absolute atomic E-state index is 11.2. The van der Waals surface area contributed by atoms with Crippen molar-refractivity contribution >= 4 is 12.1 Å². The number of nitrogens with one attached hydrogen (secondary N) is 1. The fraction of sp³-hybridized carbons (Fsp3) is 0.333. The highest BCUT2D eigenvalue weighted by molar-refractivity contribution is 5.82. The Balaban J connectivity index is 2.31. The lowest BCUT2D eigenvalue weighted by atomic mass is 10.2. The van der Waals surface area contributed by atoms with Gasteiger partial charge in [-0.25, -0.2) is 5.43 Å². The van der Waals surface area contributed by atoms with E-state index in [2.05, 4.69) is 17.5 Å². The maximum atomic E-state index is 11.2. The van der Waals surface area contributed by atoms with E-state index in [1.165, 1.54) is 0 Å². The van der Waals surface area contributed by atoms with Crippen molar-refractivity contribution in [2.75, 3.05) is 0 Å². The van der Waals surface area contributed by atoms with Gasteiger partial charge >= 0.3 is 0 Å². The molecule has 0 bridgehead atoms. The third-order valence-corrected chi connectivity index (χ3v) is 1.96. The third kappa shape index (κ3) is 4.96. The Labute approximate surface area is 90.2 Å². The normalized spacial score (nSPS) is 10.5. The van der Waals surface area contributed by atoms with Crippen LogP contribution in [0.3, 0.4) is 0 Å². The molecule has 3 heteroatoms. The number of carbonyl (C=O) groups excluding carboxylic acids is 1. The lowest BCUT2D eigenvalue weighted by Crippen LogP contribution is -2.16. The molecule has 0 aliphatic carbocycles. The van der Waals surface area contributed by atoms with Gasteiger partial charge in [-0.2, -0.15) is 5.10 Å². The predicted octanol–water partition coefficient (Wildman–Crippen LogP) is 2.33. The fourth-order valence-electron chi connectivity index (χ4n) is 1.11. The minimum Gasteiger partial charge on any atom is -0.273 e. The molecule has 0 aromatic heterocycles. The molecule has 1 aromatic carbocycles. The summed E-state index contributed by atoms with van der Waals surface area (Å²) in [6.45, 7) is 2.06. The van der Waals surface area contributed by atoms with Crippen LogP contribution in [0.15, 0.2) is 35.4 Å². The third-order valence-electron chi connectivity index (χ3n) is 1.96. The van der Waals surface area contributed by atoms with E-state index in [4.69, 9.17) is 0 Å². The van der Waals surface area contributed by atoms with Gasteiger partial charge in [0, 0.05) is 6.42 Å². The quantitative estimate of drug-likeness (QED) is 0.580. The van der Waals surface area contributed by atoms with E-state index in [-0.39, 0.29) is 5.91 Å². The molecule has 80 valence electrons. The van der Waals surface area contributed by atoms with Gasteiger partial charge in [0.25, 0.3) is 0 Å². The van der Waals surface area contributed by atoms with Gasteiger partial charge in [0.1, 0.15) is 0 Å². The minimum atomic E-state index is -0.0240. The second-order valence-corrected chi connectivity index (χ2v) is 3.31. The van der Waals surface area contributed by atoms with Crippen LogP contribution in [0.1, 0.15) is 31.7 Å². The predicted molar refractivity (Wildman–Crippen MR) is 61.7 cm³/mol. The standard InChI is InChI=1S/C12H16N2O/c1-2-3-9-12(15)14-13-10-11-7-5-4-6-8-11/h4-8,10H,2-3,9H2,1H3,(H,14,15). The Bertz CT molecular complexity index is 320. The van der Waals surface area contributed by atoms with Gasteiger partial charge in [-0.1, -0.05) is 43.7 Å². The van der Waals surface area contributed by atoms with Crippen molar-refractivity contribution in [3.8, 4) is 0 Å². The molecule has 1 N–H and O–H groups in total. The summed E-state index contributed by atoms with van der Waals surface area (Å²) >= 11 is 0. The number of hydrogen-bond donors (Lipinski definition) is 1. The van der Waals surface area contributed by atoms with Crippen LogP contribution in [-0.2, 0) is 4.79 Å². The first-order valence-corrected chi connectivity index (χ1v) is 5.20. The van der Waals surface area contributed by atoms with Crippen LogP contribution < -0.4 is 5.43 Å². The largest absolute Gasteiger partial charge is 0.273 e. The molecule has 0 spiro atoms. The second-order valence-electron chi connectivity index (χ2n) is 3.31. The first-order chi connectivity index (χ1) is 7.33. The lowest BCUT2D eigenvalue weighted by molar-refractivity contribution is -0.121. The molecule has 0 heterocycles. The number of amides is 1. The topological polar surface area (TPSA) is 41.5 Å². The van der Waals surface area contributed by atoms with Crippen molar-refractivity contribution < 1.29 is 4.79 Å². The van der Waals surface area contributed by atoms with Gasteiger partial charge < -0.3 is 0 Å². The molecular weight excluding hydrogens is 188 g/mol. The van der Waals surface area contributed by atoms with Gasteiger partial charge in [0.15, 0.2) is 0 Å². The number of unbranched alkanes of at least 4 members (excludes halogenated alkanes) is 1. The van der Waals surface area contributed by atoms with Gasteiger partial charge in [-0.15, -0.1) is 0 Å². The van der Waals surface area contributed by atoms with Crippen molar-refractivity contribution in [2.45, 2.75) is 26.2 Å². The fourth-order valence-corrected chi connectivity index (χ4v) is 1.11. The summed E-state index contributed by atoms with van der Waals surface area (Å²) in [5.74, 6) is -0.0240. The second kappa shape index (κ2) is 6.76. The van der Waals surface area contributed by atoms with Crippen LogP contribution in [0.5, 0.6) is 0 Å². The molecule has 1 rings (SSSR count). The molecule has 0 saturated heterocycles. The molecule has 3 nitrogen and oxygen atoms in total. The first-order valence-electron chi connectivity index (χ1n) is 5.20. The van der Waals surface area contributed by atoms with Crippen molar-refractivity contribution in [3.63, 3.8) is 0 Å². The zero-order valence-electron chi connectivity index (χ0n) is 8.94. The number of nitrogens with zero attached hydrogens (tertiary/aromatic N) is 1. The highest BCUT2D eigenvalue weighted by Gasteiger charge is 1.96. The summed E-state index contributed by atoms with van der Waals surface area (Å²) in [7, 11) is 0. The number of rotatable bonds is 5. The van der Waals surface area contributed by atoms with Gasteiger partial charge in [0.05, 0.1) is 6.21 Å². The molecule has 0 aliphatic rings. The van der Waals surface area contributed by atoms with Gasteiger partial charge in [0.2, 0.25) is 5.91 Å². The van der Waals surface area contributed by atoms with Crippen LogP contribution in [0.25, 0.3) is 0 Å². The van der Waals surface area contributed by atoms with E-state index in [9.17, 15) is 4.79 Å². The summed E-state index contributed by atoms with van der Waals surface area (Å²) in [4.78, 5) is 11.2. The number of benzene rings is 1. The van der Waals surface area contributed by atoms with E-state index in [1.807, 2.05) is 30.3 Å².